The summed E-state index contributed by atoms with van der Waals surface area (Å²) in [5.41, 5.74) is -0.732. The third-order valence-corrected chi connectivity index (χ3v) is 3.93. The molecule has 0 aromatic carbocycles. The fourth-order valence-corrected chi connectivity index (χ4v) is 3.22. The third-order valence-electron chi connectivity index (χ3n) is 3.93. The number of rotatable bonds is 2. The van der Waals surface area contributed by atoms with Crippen LogP contribution in [0.25, 0.3) is 0 Å². The molecule has 3 aliphatic rings. The number of carbonyl (C=O) groups is 3. The Morgan fingerprint density at radius 2 is 2.24 bits per heavy atom. The second-order valence-electron chi connectivity index (χ2n) is 4.91. The standard InChI is InChI=1S/C11H13NO5/c1-5(13)12-4-11-3-2-6(17-11)7-8(11)10(15)16-9(7)14/h6-8H,2-4H2,1H3,(H,12,13)/t6-,7+,8-,11-/m0/s1. The van der Waals surface area contributed by atoms with Crippen molar-refractivity contribution in [3.8, 4) is 0 Å². The van der Waals surface area contributed by atoms with Crippen LogP contribution in [-0.2, 0) is 23.9 Å². The number of hydrogen-bond acceptors (Lipinski definition) is 5. The molecule has 1 amide bonds. The summed E-state index contributed by atoms with van der Waals surface area (Å²) in [5.74, 6) is -2.17. The Morgan fingerprint density at radius 3 is 2.94 bits per heavy atom. The second kappa shape index (κ2) is 3.29. The maximum absolute atomic E-state index is 11.7. The summed E-state index contributed by atoms with van der Waals surface area (Å²) in [6.07, 6.45) is 1.19. The third kappa shape index (κ3) is 1.33. The Morgan fingerprint density at radius 1 is 1.47 bits per heavy atom. The SMILES string of the molecule is CC(=O)NC[C@]12CC[C@H](O1)[C@H]1C(=O)OC(=O)[C@H]12. The number of hydrogen-bond donors (Lipinski definition) is 1. The maximum Gasteiger partial charge on any atom is 0.320 e. The van der Waals surface area contributed by atoms with Crippen LogP contribution in [0.1, 0.15) is 19.8 Å². The van der Waals surface area contributed by atoms with Gasteiger partial charge in [-0.1, -0.05) is 0 Å². The summed E-state index contributed by atoms with van der Waals surface area (Å²) in [7, 11) is 0. The molecule has 0 saturated carbocycles. The average molecular weight is 239 g/mol. The van der Waals surface area contributed by atoms with Crippen LogP contribution in [0.2, 0.25) is 0 Å². The van der Waals surface area contributed by atoms with Gasteiger partial charge in [0.1, 0.15) is 11.5 Å². The number of esters is 2. The second-order valence-corrected chi connectivity index (χ2v) is 4.91. The summed E-state index contributed by atoms with van der Waals surface area (Å²) < 4.78 is 10.5. The lowest BCUT2D eigenvalue weighted by Gasteiger charge is -2.29. The number of amides is 1. The minimum absolute atomic E-state index is 0.174. The van der Waals surface area contributed by atoms with Crippen molar-refractivity contribution in [1.82, 2.24) is 5.32 Å². The molecule has 0 aromatic heterocycles. The number of nitrogens with one attached hydrogen (secondary N) is 1. The van der Waals surface area contributed by atoms with Crippen molar-refractivity contribution in [2.75, 3.05) is 6.54 Å². The fraction of sp³-hybridized carbons (Fsp3) is 0.727. The van der Waals surface area contributed by atoms with E-state index in [1.54, 1.807) is 0 Å². The van der Waals surface area contributed by atoms with Gasteiger partial charge in [-0.15, -0.1) is 0 Å². The predicted molar refractivity (Wildman–Crippen MR) is 53.6 cm³/mol. The number of ether oxygens (including phenoxy) is 2. The molecule has 2 bridgehead atoms. The number of cyclic esters (lactones) is 2. The minimum Gasteiger partial charge on any atom is -0.393 e. The van der Waals surface area contributed by atoms with E-state index in [-0.39, 0.29) is 18.6 Å². The zero-order valence-corrected chi connectivity index (χ0v) is 9.39. The number of fused-ring (bicyclic) bond motifs is 5. The van der Waals surface area contributed by atoms with Crippen molar-refractivity contribution in [3.05, 3.63) is 0 Å². The van der Waals surface area contributed by atoms with Crippen LogP contribution in [0.5, 0.6) is 0 Å². The molecule has 3 rings (SSSR count). The van der Waals surface area contributed by atoms with Gasteiger partial charge in [-0.3, -0.25) is 14.4 Å². The van der Waals surface area contributed by atoms with Crippen LogP contribution in [-0.4, -0.2) is 36.1 Å². The monoisotopic (exact) mass is 239 g/mol. The van der Waals surface area contributed by atoms with Crippen molar-refractivity contribution in [2.24, 2.45) is 11.8 Å². The Labute approximate surface area is 97.6 Å². The largest absolute Gasteiger partial charge is 0.393 e. The van der Waals surface area contributed by atoms with E-state index in [9.17, 15) is 14.4 Å². The van der Waals surface area contributed by atoms with E-state index in [1.807, 2.05) is 0 Å². The molecular formula is C11H13NO5. The molecule has 92 valence electrons. The molecule has 0 aliphatic carbocycles. The Hall–Kier alpha value is -1.43. The van der Waals surface area contributed by atoms with Gasteiger partial charge in [0, 0.05) is 13.5 Å². The molecule has 1 N–H and O–H groups in total. The maximum atomic E-state index is 11.7. The zero-order chi connectivity index (χ0) is 12.2. The van der Waals surface area contributed by atoms with Gasteiger partial charge in [0.05, 0.1) is 12.0 Å². The quantitative estimate of drug-likeness (QED) is 0.512. The normalized spacial score (nSPS) is 42.5. The van der Waals surface area contributed by atoms with Crippen molar-refractivity contribution in [3.63, 3.8) is 0 Å². The van der Waals surface area contributed by atoms with Gasteiger partial charge in [-0.05, 0) is 12.8 Å². The Kier molecular flexibility index (Phi) is 2.07. The average Bonchev–Trinajstić information content (AvgIpc) is 2.88. The highest BCUT2D eigenvalue weighted by atomic mass is 16.6. The van der Waals surface area contributed by atoms with Crippen LogP contribution >= 0.6 is 0 Å². The number of carbonyl (C=O) groups excluding carboxylic acids is 3. The first-order valence-electron chi connectivity index (χ1n) is 5.71. The van der Waals surface area contributed by atoms with E-state index in [4.69, 9.17) is 4.74 Å². The molecule has 6 heteroatoms. The summed E-state index contributed by atoms with van der Waals surface area (Å²) in [6, 6.07) is 0. The molecule has 4 atom stereocenters. The molecule has 3 saturated heterocycles. The lowest BCUT2D eigenvalue weighted by Crippen LogP contribution is -2.48. The molecule has 3 aliphatic heterocycles. The lowest BCUT2D eigenvalue weighted by atomic mass is 9.73. The minimum atomic E-state index is -0.732. The first kappa shape index (κ1) is 10.7. The lowest BCUT2D eigenvalue weighted by molar-refractivity contribution is -0.159. The van der Waals surface area contributed by atoms with Crippen molar-refractivity contribution < 1.29 is 23.9 Å². The molecular weight excluding hydrogens is 226 g/mol. The van der Waals surface area contributed by atoms with Gasteiger partial charge in [0.25, 0.3) is 0 Å². The summed E-state index contributed by atoms with van der Waals surface area (Å²) >= 11 is 0. The molecule has 17 heavy (non-hydrogen) atoms. The van der Waals surface area contributed by atoms with Crippen molar-refractivity contribution >= 4 is 17.8 Å². The van der Waals surface area contributed by atoms with E-state index < -0.39 is 29.4 Å². The van der Waals surface area contributed by atoms with E-state index in [0.29, 0.717) is 6.42 Å². The zero-order valence-electron chi connectivity index (χ0n) is 9.39. The van der Waals surface area contributed by atoms with Crippen LogP contribution in [0.3, 0.4) is 0 Å². The highest BCUT2D eigenvalue weighted by Crippen LogP contribution is 2.54. The summed E-state index contributed by atoms with van der Waals surface area (Å²) in [4.78, 5) is 34.2. The smallest absolute Gasteiger partial charge is 0.320 e. The van der Waals surface area contributed by atoms with Crippen LogP contribution in [0.15, 0.2) is 0 Å². The molecule has 3 heterocycles. The van der Waals surface area contributed by atoms with Crippen LogP contribution in [0.4, 0.5) is 0 Å². The highest BCUT2D eigenvalue weighted by molar-refractivity contribution is 5.98. The molecule has 0 spiro atoms. The molecule has 0 aromatic rings. The molecule has 3 fully saturated rings. The van der Waals surface area contributed by atoms with Crippen LogP contribution in [0, 0.1) is 11.8 Å². The van der Waals surface area contributed by atoms with Crippen LogP contribution < -0.4 is 5.32 Å². The topological polar surface area (TPSA) is 81.7 Å². The first-order valence-corrected chi connectivity index (χ1v) is 5.71. The van der Waals surface area contributed by atoms with E-state index >= 15 is 0 Å². The first-order chi connectivity index (χ1) is 8.03. The molecule has 6 nitrogen and oxygen atoms in total. The Bertz CT molecular complexity index is 420. The molecule has 0 unspecified atom stereocenters. The van der Waals surface area contributed by atoms with Gasteiger partial charge in [-0.25, -0.2) is 0 Å². The van der Waals surface area contributed by atoms with Gasteiger partial charge in [0.2, 0.25) is 5.91 Å². The van der Waals surface area contributed by atoms with Gasteiger partial charge < -0.3 is 14.8 Å². The highest BCUT2D eigenvalue weighted by Gasteiger charge is 2.68. The van der Waals surface area contributed by atoms with E-state index in [0.717, 1.165) is 6.42 Å². The van der Waals surface area contributed by atoms with Gasteiger partial charge in [-0.2, -0.15) is 0 Å². The van der Waals surface area contributed by atoms with Gasteiger partial charge >= 0.3 is 11.9 Å². The van der Waals surface area contributed by atoms with Crippen molar-refractivity contribution in [2.45, 2.75) is 31.5 Å². The molecule has 0 radical (unpaired) electrons. The predicted octanol–water partition coefficient (Wildman–Crippen LogP) is -0.630. The Balaban J connectivity index is 1.88. The van der Waals surface area contributed by atoms with E-state index in [1.165, 1.54) is 6.92 Å². The van der Waals surface area contributed by atoms with Crippen molar-refractivity contribution in [1.29, 1.82) is 0 Å². The van der Waals surface area contributed by atoms with Gasteiger partial charge in [0.15, 0.2) is 0 Å². The summed E-state index contributed by atoms with van der Waals surface area (Å²) in [5, 5.41) is 2.67. The van der Waals surface area contributed by atoms with E-state index in [2.05, 4.69) is 10.1 Å². The fourth-order valence-electron chi connectivity index (χ4n) is 3.22. The summed E-state index contributed by atoms with van der Waals surface area (Å²) in [6.45, 7) is 1.68.